The van der Waals surface area contributed by atoms with Crippen LogP contribution in [0.3, 0.4) is 0 Å². The first-order valence-corrected chi connectivity index (χ1v) is 6.59. The molecule has 0 saturated carbocycles. The summed E-state index contributed by atoms with van der Waals surface area (Å²) < 4.78 is 0. The van der Waals surface area contributed by atoms with Gasteiger partial charge in [0, 0.05) is 16.0 Å². The summed E-state index contributed by atoms with van der Waals surface area (Å²) in [7, 11) is 0. The molecule has 0 unspecified atom stereocenters. The molecule has 0 aliphatic rings. The molecule has 3 rings (SSSR count). The molecule has 1 heterocycles. The topological polar surface area (TPSA) is 25.8 Å². The van der Waals surface area contributed by atoms with Crippen molar-refractivity contribution in [2.45, 2.75) is 6.92 Å². The van der Waals surface area contributed by atoms with Crippen LogP contribution in [-0.2, 0) is 0 Å². The van der Waals surface area contributed by atoms with Gasteiger partial charge >= 0.3 is 0 Å². The molecule has 0 amide bonds. The maximum atomic E-state index is 6.20. The molecule has 0 aliphatic heterocycles. The molecule has 1 aromatic heterocycles. The molecule has 0 aliphatic carbocycles. The van der Waals surface area contributed by atoms with E-state index < -0.39 is 0 Å². The van der Waals surface area contributed by atoms with Gasteiger partial charge in [0.15, 0.2) is 5.82 Å². The van der Waals surface area contributed by atoms with Crippen LogP contribution in [0.2, 0.25) is 10.2 Å². The summed E-state index contributed by atoms with van der Waals surface area (Å²) in [5.41, 5.74) is 2.89. The lowest BCUT2D eigenvalue weighted by Crippen LogP contribution is -1.92. The first kappa shape index (κ1) is 12.4. The van der Waals surface area contributed by atoms with Crippen LogP contribution in [0.4, 0.5) is 0 Å². The fourth-order valence-corrected chi connectivity index (χ4v) is 2.30. The third-order valence-electron chi connectivity index (χ3n) is 2.92. The van der Waals surface area contributed by atoms with Crippen molar-refractivity contribution in [2.75, 3.05) is 0 Å². The zero-order chi connectivity index (χ0) is 13.4. The Hall–Kier alpha value is -1.64. The standard InChI is InChI=1S/C15H10Cl2N2/c1-9-2-4-10(5-3-9)15-18-13-8-11(16)6-7-12(13)14(17)19-15/h2-8H,1H3. The SMILES string of the molecule is Cc1ccc(-c2nc(Cl)c3ccc(Cl)cc3n2)cc1. The van der Waals surface area contributed by atoms with Crippen molar-refractivity contribution in [3.05, 3.63) is 58.2 Å². The first-order chi connectivity index (χ1) is 9.13. The Bertz CT molecular complexity index is 752. The second-order valence-electron chi connectivity index (χ2n) is 4.37. The molecule has 19 heavy (non-hydrogen) atoms. The molecule has 0 bridgehead atoms. The number of rotatable bonds is 1. The van der Waals surface area contributed by atoms with Gasteiger partial charge in [0.25, 0.3) is 0 Å². The average Bonchev–Trinajstić information content (AvgIpc) is 2.38. The predicted octanol–water partition coefficient (Wildman–Crippen LogP) is 4.91. The van der Waals surface area contributed by atoms with Crippen molar-refractivity contribution in [1.29, 1.82) is 0 Å². The Morgan fingerprint density at radius 3 is 2.37 bits per heavy atom. The molecule has 0 atom stereocenters. The second kappa shape index (κ2) is 4.80. The van der Waals surface area contributed by atoms with E-state index >= 15 is 0 Å². The molecule has 3 aromatic rings. The number of hydrogen-bond donors (Lipinski definition) is 0. The molecule has 0 saturated heterocycles. The third-order valence-corrected chi connectivity index (χ3v) is 3.45. The summed E-state index contributed by atoms with van der Waals surface area (Å²) in [6.45, 7) is 2.04. The highest BCUT2D eigenvalue weighted by molar-refractivity contribution is 6.35. The Balaban J connectivity index is 2.22. The smallest absolute Gasteiger partial charge is 0.161 e. The van der Waals surface area contributed by atoms with E-state index in [4.69, 9.17) is 23.2 Å². The minimum Gasteiger partial charge on any atom is -0.228 e. The van der Waals surface area contributed by atoms with Crippen molar-refractivity contribution in [3.8, 4) is 11.4 Å². The van der Waals surface area contributed by atoms with Gasteiger partial charge in [-0.25, -0.2) is 9.97 Å². The molecule has 94 valence electrons. The molecule has 2 aromatic carbocycles. The minimum absolute atomic E-state index is 0.442. The number of benzene rings is 2. The van der Waals surface area contributed by atoms with E-state index in [9.17, 15) is 0 Å². The number of fused-ring (bicyclic) bond motifs is 1. The van der Waals surface area contributed by atoms with E-state index in [0.29, 0.717) is 16.0 Å². The Morgan fingerprint density at radius 2 is 1.63 bits per heavy atom. The molecule has 4 heteroatoms. The number of halogens is 2. The van der Waals surface area contributed by atoms with Crippen molar-refractivity contribution >= 4 is 34.1 Å². The molecular formula is C15H10Cl2N2. The van der Waals surface area contributed by atoms with Crippen LogP contribution in [0.5, 0.6) is 0 Å². The molecule has 0 radical (unpaired) electrons. The number of hydrogen-bond acceptors (Lipinski definition) is 2. The molecule has 2 nitrogen and oxygen atoms in total. The normalized spacial score (nSPS) is 10.9. The number of nitrogens with zero attached hydrogens (tertiary/aromatic N) is 2. The van der Waals surface area contributed by atoms with E-state index in [2.05, 4.69) is 9.97 Å². The molecule has 0 N–H and O–H groups in total. The lowest BCUT2D eigenvalue weighted by atomic mass is 10.1. The van der Waals surface area contributed by atoms with Crippen LogP contribution in [-0.4, -0.2) is 9.97 Å². The minimum atomic E-state index is 0.442. The fourth-order valence-electron chi connectivity index (χ4n) is 1.90. The van der Waals surface area contributed by atoms with Crippen LogP contribution in [0.15, 0.2) is 42.5 Å². The summed E-state index contributed by atoms with van der Waals surface area (Å²) >= 11 is 12.2. The highest BCUT2D eigenvalue weighted by Crippen LogP contribution is 2.26. The van der Waals surface area contributed by atoms with Crippen LogP contribution >= 0.6 is 23.2 Å². The summed E-state index contributed by atoms with van der Waals surface area (Å²) in [5, 5.41) is 1.89. The molecule has 0 spiro atoms. The van der Waals surface area contributed by atoms with Crippen LogP contribution < -0.4 is 0 Å². The Morgan fingerprint density at radius 1 is 0.895 bits per heavy atom. The van der Waals surface area contributed by atoms with Gasteiger partial charge in [-0.1, -0.05) is 53.0 Å². The van der Waals surface area contributed by atoms with Gasteiger partial charge in [0.2, 0.25) is 0 Å². The van der Waals surface area contributed by atoms with E-state index in [1.165, 1.54) is 5.56 Å². The Labute approximate surface area is 121 Å². The highest BCUT2D eigenvalue weighted by Gasteiger charge is 2.08. The monoisotopic (exact) mass is 288 g/mol. The molecular weight excluding hydrogens is 279 g/mol. The van der Waals surface area contributed by atoms with Crippen LogP contribution in [0, 0.1) is 6.92 Å². The highest BCUT2D eigenvalue weighted by atomic mass is 35.5. The third kappa shape index (κ3) is 2.42. The van der Waals surface area contributed by atoms with E-state index in [1.807, 2.05) is 37.3 Å². The Kier molecular flexibility index (Phi) is 3.13. The van der Waals surface area contributed by atoms with Crippen molar-refractivity contribution < 1.29 is 0 Å². The zero-order valence-corrected chi connectivity index (χ0v) is 11.7. The second-order valence-corrected chi connectivity index (χ2v) is 5.16. The molecule has 0 fully saturated rings. The summed E-state index contributed by atoms with van der Waals surface area (Å²) in [5.74, 6) is 0.611. The van der Waals surface area contributed by atoms with Gasteiger partial charge in [-0.2, -0.15) is 0 Å². The predicted molar refractivity (Wildman–Crippen MR) is 79.7 cm³/mol. The summed E-state index contributed by atoms with van der Waals surface area (Å²) in [6, 6.07) is 13.4. The van der Waals surface area contributed by atoms with Gasteiger partial charge in [-0.3, -0.25) is 0 Å². The van der Waals surface area contributed by atoms with Crippen molar-refractivity contribution in [2.24, 2.45) is 0 Å². The van der Waals surface area contributed by atoms with Crippen molar-refractivity contribution in [3.63, 3.8) is 0 Å². The van der Waals surface area contributed by atoms with Gasteiger partial charge in [-0.05, 0) is 25.1 Å². The first-order valence-electron chi connectivity index (χ1n) is 5.83. The maximum Gasteiger partial charge on any atom is 0.161 e. The summed E-state index contributed by atoms with van der Waals surface area (Å²) in [4.78, 5) is 8.86. The van der Waals surface area contributed by atoms with E-state index in [-0.39, 0.29) is 0 Å². The van der Waals surface area contributed by atoms with Gasteiger partial charge in [-0.15, -0.1) is 0 Å². The number of aromatic nitrogens is 2. The van der Waals surface area contributed by atoms with Gasteiger partial charge in [0.05, 0.1) is 5.52 Å². The maximum absolute atomic E-state index is 6.20. The largest absolute Gasteiger partial charge is 0.228 e. The summed E-state index contributed by atoms with van der Waals surface area (Å²) in [6.07, 6.45) is 0. The van der Waals surface area contributed by atoms with E-state index in [0.717, 1.165) is 16.5 Å². The van der Waals surface area contributed by atoms with Crippen LogP contribution in [0.25, 0.3) is 22.3 Å². The fraction of sp³-hybridized carbons (Fsp3) is 0.0667. The van der Waals surface area contributed by atoms with Gasteiger partial charge < -0.3 is 0 Å². The van der Waals surface area contributed by atoms with Crippen LogP contribution in [0.1, 0.15) is 5.56 Å². The lowest BCUT2D eigenvalue weighted by Gasteiger charge is -2.05. The van der Waals surface area contributed by atoms with E-state index in [1.54, 1.807) is 12.1 Å². The lowest BCUT2D eigenvalue weighted by molar-refractivity contribution is 1.22. The van der Waals surface area contributed by atoms with Crippen molar-refractivity contribution in [1.82, 2.24) is 9.97 Å². The quantitative estimate of drug-likeness (QED) is 0.595. The zero-order valence-electron chi connectivity index (χ0n) is 10.2. The van der Waals surface area contributed by atoms with Gasteiger partial charge in [0.1, 0.15) is 5.15 Å². The number of aryl methyl sites for hydroxylation is 1. The average molecular weight is 289 g/mol.